The summed E-state index contributed by atoms with van der Waals surface area (Å²) in [5.74, 6) is 0. The lowest BCUT2D eigenvalue weighted by Gasteiger charge is -1.89. The van der Waals surface area contributed by atoms with Crippen LogP contribution in [0.2, 0.25) is 0 Å². The van der Waals surface area contributed by atoms with Gasteiger partial charge in [0.05, 0.1) is 0 Å². The number of carbonyl (C=O) groups excluding carboxylic acids is 1. The van der Waals surface area contributed by atoms with E-state index in [1.165, 1.54) is 0 Å². The molecule has 0 fully saturated rings. The Labute approximate surface area is 98.4 Å². The topological polar surface area (TPSA) is 29.1 Å². The minimum atomic E-state index is 0.529. The van der Waals surface area contributed by atoms with Crippen LogP contribution in [0.1, 0.15) is 18.9 Å². The number of carbonyl (C=O) groups is 1. The molecule has 0 bridgehead atoms. The molecule has 1 aromatic carbocycles. The summed E-state index contributed by atoms with van der Waals surface area (Å²) in [6, 6.07) is 9.68. The number of rotatable bonds is 5. The third-order valence-electron chi connectivity index (χ3n) is 1.96. The molecule has 0 saturated heterocycles. The van der Waals surface area contributed by atoms with Crippen molar-refractivity contribution in [2.75, 3.05) is 13.6 Å². The van der Waals surface area contributed by atoms with Crippen LogP contribution >= 0.6 is 0 Å². The Kier molecular flexibility index (Phi) is 10.6. The highest BCUT2D eigenvalue weighted by molar-refractivity contribution is 5.54. The molecule has 2 heteroatoms. The molecule has 1 aromatic rings. The summed E-state index contributed by atoms with van der Waals surface area (Å²) in [6.45, 7) is 3.12. The van der Waals surface area contributed by atoms with Gasteiger partial charge in [-0.15, -0.1) is 0 Å². The Morgan fingerprint density at radius 3 is 2.44 bits per heavy atom. The Bertz CT molecular complexity index is 280. The van der Waals surface area contributed by atoms with Gasteiger partial charge in [0, 0.05) is 6.42 Å². The van der Waals surface area contributed by atoms with E-state index in [0.717, 1.165) is 24.8 Å². The molecule has 88 valence electrons. The van der Waals surface area contributed by atoms with Gasteiger partial charge in [0.15, 0.2) is 0 Å². The Balaban J connectivity index is 0.000000293. The van der Waals surface area contributed by atoms with E-state index in [-0.39, 0.29) is 0 Å². The van der Waals surface area contributed by atoms with Crippen molar-refractivity contribution in [2.24, 2.45) is 0 Å². The van der Waals surface area contributed by atoms with Crippen LogP contribution in [0.3, 0.4) is 0 Å². The normalized spacial score (nSPS) is 9.62. The molecule has 0 heterocycles. The summed E-state index contributed by atoms with van der Waals surface area (Å²) in [7, 11) is 1.96. The first-order chi connectivity index (χ1) is 7.85. The summed E-state index contributed by atoms with van der Waals surface area (Å²) in [5, 5.41) is 3.05. The highest BCUT2D eigenvalue weighted by Crippen LogP contribution is 1.96. The first-order valence-electron chi connectivity index (χ1n) is 5.58. The number of aldehydes is 1. The molecule has 0 radical (unpaired) electrons. The maximum atomic E-state index is 9.97. The van der Waals surface area contributed by atoms with Crippen LogP contribution in [0, 0.1) is 0 Å². The lowest BCUT2D eigenvalue weighted by atomic mass is 10.2. The third-order valence-corrected chi connectivity index (χ3v) is 1.96. The van der Waals surface area contributed by atoms with Crippen molar-refractivity contribution in [1.29, 1.82) is 0 Å². The van der Waals surface area contributed by atoms with Crippen LogP contribution in [0.4, 0.5) is 0 Å². The summed E-state index contributed by atoms with van der Waals surface area (Å²) in [5.41, 5.74) is 1.08. The van der Waals surface area contributed by atoms with Gasteiger partial charge in [-0.05, 0) is 32.5 Å². The van der Waals surface area contributed by atoms with Crippen LogP contribution in [-0.4, -0.2) is 19.9 Å². The standard InChI is InChI=1S/C8H8O.C6H13N/c9-7-6-8-4-2-1-3-5-8;1-3-4-5-6-7-2/h1-5,7H,6H2;3-4,7H,5-6H2,1-2H3/b;4-3-. The fourth-order valence-corrected chi connectivity index (χ4v) is 1.10. The molecule has 2 nitrogen and oxygen atoms in total. The monoisotopic (exact) mass is 219 g/mol. The molecule has 16 heavy (non-hydrogen) atoms. The molecular weight excluding hydrogens is 198 g/mol. The van der Waals surface area contributed by atoms with E-state index in [4.69, 9.17) is 0 Å². The number of nitrogens with one attached hydrogen (secondary N) is 1. The molecule has 0 aliphatic carbocycles. The highest BCUT2D eigenvalue weighted by Gasteiger charge is 1.84. The zero-order chi connectivity index (χ0) is 12.1. The van der Waals surface area contributed by atoms with E-state index < -0.39 is 0 Å². The molecule has 0 atom stereocenters. The van der Waals surface area contributed by atoms with Gasteiger partial charge in [0.1, 0.15) is 6.29 Å². The Morgan fingerprint density at radius 2 is 1.94 bits per heavy atom. The Morgan fingerprint density at radius 1 is 1.25 bits per heavy atom. The largest absolute Gasteiger partial charge is 0.319 e. The van der Waals surface area contributed by atoms with Crippen molar-refractivity contribution in [2.45, 2.75) is 19.8 Å². The summed E-state index contributed by atoms with van der Waals surface area (Å²) in [4.78, 5) is 9.97. The fourth-order valence-electron chi connectivity index (χ4n) is 1.10. The highest BCUT2D eigenvalue weighted by atomic mass is 16.1. The molecular formula is C14H21NO. The molecule has 0 aromatic heterocycles. The molecule has 0 aliphatic heterocycles. The van der Waals surface area contributed by atoms with Gasteiger partial charge in [-0.25, -0.2) is 0 Å². The van der Waals surface area contributed by atoms with Crippen LogP contribution < -0.4 is 5.32 Å². The SMILES string of the molecule is C/C=C\CCNC.O=CCc1ccccc1. The predicted molar refractivity (Wildman–Crippen MR) is 69.6 cm³/mol. The van der Waals surface area contributed by atoms with Gasteiger partial charge < -0.3 is 10.1 Å². The molecule has 0 amide bonds. The zero-order valence-electron chi connectivity index (χ0n) is 10.1. The average Bonchev–Trinajstić information content (AvgIpc) is 2.32. The van der Waals surface area contributed by atoms with E-state index in [1.54, 1.807) is 0 Å². The van der Waals surface area contributed by atoms with Gasteiger partial charge in [-0.2, -0.15) is 0 Å². The zero-order valence-corrected chi connectivity index (χ0v) is 10.1. The van der Waals surface area contributed by atoms with Crippen molar-refractivity contribution in [1.82, 2.24) is 5.32 Å². The average molecular weight is 219 g/mol. The minimum absolute atomic E-state index is 0.529. The van der Waals surface area contributed by atoms with E-state index in [2.05, 4.69) is 17.5 Å². The smallest absolute Gasteiger partial charge is 0.124 e. The lowest BCUT2D eigenvalue weighted by Crippen LogP contribution is -2.05. The van der Waals surface area contributed by atoms with Crippen LogP contribution in [0.25, 0.3) is 0 Å². The molecule has 1 rings (SSSR count). The number of benzene rings is 1. The van der Waals surface area contributed by atoms with E-state index in [0.29, 0.717) is 6.42 Å². The molecule has 0 unspecified atom stereocenters. The molecule has 0 aliphatic rings. The van der Waals surface area contributed by atoms with E-state index >= 15 is 0 Å². The van der Waals surface area contributed by atoms with E-state index in [9.17, 15) is 4.79 Å². The second-order valence-corrected chi connectivity index (χ2v) is 3.32. The van der Waals surface area contributed by atoms with Crippen molar-refractivity contribution in [3.05, 3.63) is 48.0 Å². The fraction of sp³-hybridized carbons (Fsp3) is 0.357. The van der Waals surface area contributed by atoms with Crippen LogP contribution in [0.5, 0.6) is 0 Å². The van der Waals surface area contributed by atoms with Gasteiger partial charge in [0.25, 0.3) is 0 Å². The van der Waals surface area contributed by atoms with Crippen molar-refractivity contribution in [3.8, 4) is 0 Å². The second-order valence-electron chi connectivity index (χ2n) is 3.32. The van der Waals surface area contributed by atoms with Gasteiger partial charge >= 0.3 is 0 Å². The summed E-state index contributed by atoms with van der Waals surface area (Å²) < 4.78 is 0. The Hall–Kier alpha value is -1.41. The van der Waals surface area contributed by atoms with Crippen molar-refractivity contribution < 1.29 is 4.79 Å². The van der Waals surface area contributed by atoms with Crippen molar-refractivity contribution in [3.63, 3.8) is 0 Å². The minimum Gasteiger partial charge on any atom is -0.319 e. The second kappa shape index (κ2) is 11.7. The number of allylic oxidation sites excluding steroid dienone is 1. The number of hydrogen-bond acceptors (Lipinski definition) is 2. The molecule has 0 saturated carbocycles. The maximum absolute atomic E-state index is 9.97. The third kappa shape index (κ3) is 9.16. The van der Waals surface area contributed by atoms with Crippen molar-refractivity contribution >= 4 is 6.29 Å². The first-order valence-corrected chi connectivity index (χ1v) is 5.58. The molecule has 0 spiro atoms. The molecule has 1 N–H and O–H groups in total. The van der Waals surface area contributed by atoms with Gasteiger partial charge in [-0.3, -0.25) is 0 Å². The first kappa shape index (κ1) is 14.6. The van der Waals surface area contributed by atoms with Crippen LogP contribution in [0.15, 0.2) is 42.5 Å². The quantitative estimate of drug-likeness (QED) is 0.468. The predicted octanol–water partition coefficient (Wildman–Crippen LogP) is 2.60. The maximum Gasteiger partial charge on any atom is 0.124 e. The van der Waals surface area contributed by atoms with Gasteiger partial charge in [0.2, 0.25) is 0 Å². The summed E-state index contributed by atoms with van der Waals surface area (Å²) in [6.07, 6.45) is 6.80. The lowest BCUT2D eigenvalue weighted by molar-refractivity contribution is -0.107. The summed E-state index contributed by atoms with van der Waals surface area (Å²) >= 11 is 0. The van der Waals surface area contributed by atoms with Gasteiger partial charge in [-0.1, -0.05) is 42.5 Å². The van der Waals surface area contributed by atoms with E-state index in [1.807, 2.05) is 44.3 Å². The number of hydrogen-bond donors (Lipinski definition) is 1. The van der Waals surface area contributed by atoms with Crippen LogP contribution in [-0.2, 0) is 11.2 Å².